The molecule has 106 valence electrons. The molecule has 2 rings (SSSR count). The number of phenols is 1. The first-order valence-electron chi connectivity index (χ1n) is 5.83. The number of benzene rings is 2. The minimum absolute atomic E-state index is 0.0253. The molecule has 0 radical (unpaired) electrons. The molecule has 0 bridgehead atoms. The molecule has 5 nitrogen and oxygen atoms in total. The van der Waals surface area contributed by atoms with Crippen molar-refractivity contribution in [3.63, 3.8) is 0 Å². The molecule has 0 aliphatic carbocycles. The third-order valence-corrected chi connectivity index (χ3v) is 3.93. The summed E-state index contributed by atoms with van der Waals surface area (Å²) in [4.78, 5) is -0.0253. The van der Waals surface area contributed by atoms with Crippen LogP contribution in [-0.4, -0.2) is 20.6 Å². The van der Waals surface area contributed by atoms with Crippen molar-refractivity contribution in [2.75, 3.05) is 7.11 Å². The van der Waals surface area contributed by atoms with Gasteiger partial charge in [-0.2, -0.15) is 8.42 Å². The van der Waals surface area contributed by atoms with E-state index in [0.29, 0.717) is 5.56 Å². The fraction of sp³-hybridized carbons (Fsp3) is 0.143. The molecule has 2 aromatic rings. The van der Waals surface area contributed by atoms with E-state index in [1.54, 1.807) is 30.3 Å². The van der Waals surface area contributed by atoms with Crippen LogP contribution in [0.2, 0.25) is 0 Å². The summed E-state index contributed by atoms with van der Waals surface area (Å²) in [5, 5.41) is 9.32. The van der Waals surface area contributed by atoms with Crippen LogP contribution >= 0.6 is 0 Å². The van der Waals surface area contributed by atoms with Gasteiger partial charge in [-0.25, -0.2) is 0 Å². The number of rotatable bonds is 5. The Morgan fingerprint density at radius 2 is 1.85 bits per heavy atom. The van der Waals surface area contributed by atoms with Gasteiger partial charge in [-0.15, -0.1) is 0 Å². The average Bonchev–Trinajstić information content (AvgIpc) is 2.45. The fourth-order valence-electron chi connectivity index (χ4n) is 1.68. The topological polar surface area (TPSA) is 72.8 Å². The Balaban J connectivity index is 2.19. The van der Waals surface area contributed by atoms with Gasteiger partial charge in [0.15, 0.2) is 0 Å². The fourth-order valence-corrected chi connectivity index (χ4v) is 2.74. The second-order valence-electron chi connectivity index (χ2n) is 4.04. The van der Waals surface area contributed by atoms with E-state index >= 15 is 0 Å². The Hall–Kier alpha value is -2.05. The molecule has 0 atom stereocenters. The van der Waals surface area contributed by atoms with E-state index in [0.717, 1.165) is 0 Å². The van der Waals surface area contributed by atoms with Gasteiger partial charge in [0.25, 0.3) is 0 Å². The van der Waals surface area contributed by atoms with Crippen LogP contribution in [0.1, 0.15) is 5.56 Å². The first-order chi connectivity index (χ1) is 9.53. The first kappa shape index (κ1) is 14.4. The second kappa shape index (κ2) is 5.94. The molecule has 0 fully saturated rings. The lowest BCUT2D eigenvalue weighted by molar-refractivity contribution is 0.304. The average molecular weight is 294 g/mol. The minimum Gasteiger partial charge on any atom is -0.508 e. The number of methoxy groups -OCH3 is 1. The molecule has 20 heavy (non-hydrogen) atoms. The van der Waals surface area contributed by atoms with E-state index in [1.807, 2.05) is 0 Å². The van der Waals surface area contributed by atoms with E-state index < -0.39 is 10.1 Å². The van der Waals surface area contributed by atoms with Crippen molar-refractivity contribution >= 4 is 10.1 Å². The zero-order valence-electron chi connectivity index (χ0n) is 10.8. The quantitative estimate of drug-likeness (QED) is 0.857. The van der Waals surface area contributed by atoms with Crippen molar-refractivity contribution in [2.24, 2.45) is 0 Å². The summed E-state index contributed by atoms with van der Waals surface area (Å²) >= 11 is 0. The van der Waals surface area contributed by atoms with Crippen molar-refractivity contribution in [3.05, 3.63) is 54.1 Å². The van der Waals surface area contributed by atoms with Gasteiger partial charge in [-0.1, -0.05) is 24.3 Å². The van der Waals surface area contributed by atoms with Crippen LogP contribution in [0.3, 0.4) is 0 Å². The molecule has 2 aromatic carbocycles. The van der Waals surface area contributed by atoms with Crippen molar-refractivity contribution < 1.29 is 22.4 Å². The summed E-state index contributed by atoms with van der Waals surface area (Å²) in [6, 6.07) is 12.4. The molecule has 0 aliphatic heterocycles. The normalized spacial score (nSPS) is 11.2. The van der Waals surface area contributed by atoms with Crippen molar-refractivity contribution in [3.8, 4) is 11.5 Å². The van der Waals surface area contributed by atoms with Crippen LogP contribution in [0, 0.1) is 0 Å². The molecule has 0 saturated carbocycles. The molecule has 0 aromatic heterocycles. The highest BCUT2D eigenvalue weighted by atomic mass is 32.2. The highest BCUT2D eigenvalue weighted by Gasteiger charge is 2.20. The first-order valence-corrected chi connectivity index (χ1v) is 7.24. The Labute approximate surface area is 117 Å². The molecule has 0 heterocycles. The lowest BCUT2D eigenvalue weighted by Crippen LogP contribution is -2.08. The molecule has 6 heteroatoms. The molecule has 0 unspecified atom stereocenters. The van der Waals surface area contributed by atoms with E-state index in [9.17, 15) is 13.5 Å². The predicted molar refractivity (Wildman–Crippen MR) is 73.1 cm³/mol. The molecule has 0 spiro atoms. The van der Waals surface area contributed by atoms with Crippen LogP contribution in [-0.2, 0) is 20.9 Å². The summed E-state index contributed by atoms with van der Waals surface area (Å²) in [7, 11) is -2.53. The van der Waals surface area contributed by atoms with Gasteiger partial charge in [0.05, 0.1) is 13.7 Å². The number of phenolic OH excluding ortho intramolecular Hbond substituents is 1. The van der Waals surface area contributed by atoms with Gasteiger partial charge in [-0.05, 0) is 29.8 Å². The number of para-hydroxylation sites is 1. The highest BCUT2D eigenvalue weighted by Crippen LogP contribution is 2.25. The Kier molecular flexibility index (Phi) is 4.26. The Morgan fingerprint density at radius 1 is 1.10 bits per heavy atom. The molecule has 0 aliphatic rings. The number of ether oxygens (including phenoxy) is 1. The van der Waals surface area contributed by atoms with Crippen LogP contribution in [0.5, 0.6) is 11.5 Å². The van der Waals surface area contributed by atoms with Crippen LogP contribution in [0.25, 0.3) is 0 Å². The maximum Gasteiger partial charge on any atom is 0.301 e. The van der Waals surface area contributed by atoms with Gasteiger partial charge in [0.1, 0.15) is 16.4 Å². The Bertz CT molecular complexity index is 694. The third-order valence-electron chi connectivity index (χ3n) is 2.63. The smallest absolute Gasteiger partial charge is 0.301 e. The second-order valence-corrected chi connectivity index (χ2v) is 5.62. The van der Waals surface area contributed by atoms with E-state index in [4.69, 9.17) is 8.92 Å². The molecular weight excluding hydrogens is 280 g/mol. The highest BCUT2D eigenvalue weighted by molar-refractivity contribution is 7.86. The third kappa shape index (κ3) is 3.28. The molecule has 1 N–H and O–H groups in total. The summed E-state index contributed by atoms with van der Waals surface area (Å²) in [6.45, 7) is -0.158. The van der Waals surface area contributed by atoms with Crippen molar-refractivity contribution in [1.29, 1.82) is 0 Å². The molecular formula is C14H14O5S. The van der Waals surface area contributed by atoms with Gasteiger partial charge in [0, 0.05) is 0 Å². The van der Waals surface area contributed by atoms with Gasteiger partial charge in [-0.3, -0.25) is 4.18 Å². The summed E-state index contributed by atoms with van der Waals surface area (Å²) in [6.07, 6.45) is 0. The van der Waals surface area contributed by atoms with Crippen LogP contribution in [0.15, 0.2) is 53.4 Å². The van der Waals surface area contributed by atoms with Gasteiger partial charge < -0.3 is 9.84 Å². The molecule has 0 saturated heterocycles. The maximum atomic E-state index is 12.1. The van der Waals surface area contributed by atoms with Crippen molar-refractivity contribution in [2.45, 2.75) is 11.5 Å². The number of aromatic hydroxyl groups is 1. The summed E-state index contributed by atoms with van der Waals surface area (Å²) < 4.78 is 34.2. The van der Waals surface area contributed by atoms with Crippen LogP contribution < -0.4 is 4.74 Å². The number of hydrogen-bond donors (Lipinski definition) is 1. The van der Waals surface area contributed by atoms with E-state index in [2.05, 4.69) is 0 Å². The van der Waals surface area contributed by atoms with E-state index in [-0.39, 0.29) is 23.0 Å². The summed E-state index contributed by atoms with van der Waals surface area (Å²) in [5.74, 6) is 0.282. The lowest BCUT2D eigenvalue weighted by atomic mass is 10.2. The maximum absolute atomic E-state index is 12.1. The predicted octanol–water partition coefficient (Wildman–Crippen LogP) is 2.31. The monoisotopic (exact) mass is 294 g/mol. The van der Waals surface area contributed by atoms with E-state index in [1.165, 1.54) is 25.3 Å². The lowest BCUT2D eigenvalue weighted by Gasteiger charge is -2.09. The number of hydrogen-bond acceptors (Lipinski definition) is 5. The Morgan fingerprint density at radius 3 is 2.55 bits per heavy atom. The van der Waals surface area contributed by atoms with Gasteiger partial charge in [0.2, 0.25) is 0 Å². The standard InChI is InChI=1S/C14H14O5S/c1-18-13-7-2-3-8-14(13)20(16,17)19-10-11-5-4-6-12(15)9-11/h2-9,15H,10H2,1H3. The van der Waals surface area contributed by atoms with Gasteiger partial charge >= 0.3 is 10.1 Å². The summed E-state index contributed by atoms with van der Waals surface area (Å²) in [5.41, 5.74) is 0.559. The molecule has 0 amide bonds. The SMILES string of the molecule is COc1ccccc1S(=O)(=O)OCc1cccc(O)c1. The minimum atomic E-state index is -3.92. The van der Waals surface area contributed by atoms with Crippen LogP contribution in [0.4, 0.5) is 0 Å². The zero-order valence-corrected chi connectivity index (χ0v) is 11.6. The zero-order chi connectivity index (χ0) is 14.6. The largest absolute Gasteiger partial charge is 0.508 e. The van der Waals surface area contributed by atoms with Crippen molar-refractivity contribution in [1.82, 2.24) is 0 Å².